The van der Waals surface area contributed by atoms with E-state index in [0.29, 0.717) is 12.1 Å². The Bertz CT molecular complexity index is 754. The summed E-state index contributed by atoms with van der Waals surface area (Å²) < 4.78 is 0. The quantitative estimate of drug-likeness (QED) is 0.711. The van der Waals surface area contributed by atoms with Gasteiger partial charge in [-0.1, -0.05) is 57.2 Å². The molecule has 1 unspecified atom stereocenters. The number of rotatable bonds is 7. The molecule has 26 heavy (non-hydrogen) atoms. The molecule has 0 saturated carbocycles. The van der Waals surface area contributed by atoms with Crippen molar-refractivity contribution in [2.75, 3.05) is 0 Å². The van der Waals surface area contributed by atoms with Crippen molar-refractivity contribution in [3.8, 4) is 0 Å². The van der Waals surface area contributed by atoms with E-state index in [9.17, 15) is 9.59 Å². The molecule has 5 nitrogen and oxygen atoms in total. The molecule has 0 aliphatic rings. The fourth-order valence-electron chi connectivity index (χ4n) is 2.80. The molecule has 0 radical (unpaired) electrons. The average molecular weight is 353 g/mol. The minimum atomic E-state index is -0.480. The molecule has 2 rings (SSSR count). The molecule has 5 heteroatoms. The molecule has 138 valence electrons. The zero-order valence-corrected chi connectivity index (χ0v) is 15.6. The molecule has 0 saturated heterocycles. The normalized spacial score (nSPS) is 11.8. The van der Waals surface area contributed by atoms with Gasteiger partial charge in [0.05, 0.1) is 6.04 Å². The van der Waals surface area contributed by atoms with Crippen LogP contribution in [0.1, 0.15) is 53.9 Å². The number of primary amides is 1. The Balaban J connectivity index is 1.99. The van der Waals surface area contributed by atoms with Gasteiger partial charge in [0, 0.05) is 12.1 Å². The number of hydrogen-bond acceptors (Lipinski definition) is 2. The Hall–Kier alpha value is -2.82. The van der Waals surface area contributed by atoms with E-state index in [2.05, 4.69) is 55.7 Å². The van der Waals surface area contributed by atoms with E-state index < -0.39 is 5.91 Å². The van der Waals surface area contributed by atoms with Crippen molar-refractivity contribution in [2.45, 2.75) is 39.8 Å². The van der Waals surface area contributed by atoms with Gasteiger partial charge in [-0.25, -0.2) is 4.79 Å². The van der Waals surface area contributed by atoms with Crippen LogP contribution in [0.3, 0.4) is 0 Å². The second kappa shape index (κ2) is 9.04. The van der Waals surface area contributed by atoms with Gasteiger partial charge in [-0.3, -0.25) is 4.79 Å². The number of amides is 3. The van der Waals surface area contributed by atoms with E-state index in [4.69, 9.17) is 5.73 Å². The van der Waals surface area contributed by atoms with Crippen LogP contribution in [0.15, 0.2) is 48.5 Å². The Morgan fingerprint density at radius 3 is 2.31 bits per heavy atom. The van der Waals surface area contributed by atoms with Crippen molar-refractivity contribution in [3.63, 3.8) is 0 Å². The first kappa shape index (κ1) is 19.5. The Labute approximate surface area is 155 Å². The predicted octanol–water partition coefficient (Wildman–Crippen LogP) is 3.54. The standard InChI is InChI=1S/C21H27N3O2/c1-4-15-8-10-17(11-9-15)19(14(2)3)24-21(26)23-13-16-6-5-7-18(12-16)20(22)25/h5-12,14,19H,4,13H2,1-3H3,(H2,22,25)(H2,23,24,26). The molecule has 0 aliphatic heterocycles. The molecule has 1 atom stereocenters. The summed E-state index contributed by atoms with van der Waals surface area (Å²) in [4.78, 5) is 23.6. The third kappa shape index (κ3) is 5.34. The summed E-state index contributed by atoms with van der Waals surface area (Å²) in [6.07, 6.45) is 0.991. The van der Waals surface area contributed by atoms with Crippen molar-refractivity contribution < 1.29 is 9.59 Å². The van der Waals surface area contributed by atoms with Crippen LogP contribution in [0.5, 0.6) is 0 Å². The molecule has 0 bridgehead atoms. The molecule has 2 aromatic rings. The molecule has 0 fully saturated rings. The molecule has 0 aliphatic carbocycles. The summed E-state index contributed by atoms with van der Waals surface area (Å²) in [6, 6.07) is 15.0. The molecule has 3 amide bonds. The SMILES string of the molecule is CCc1ccc(C(NC(=O)NCc2cccc(C(N)=O)c2)C(C)C)cc1. The highest BCUT2D eigenvalue weighted by Gasteiger charge is 2.18. The van der Waals surface area contributed by atoms with E-state index in [1.807, 2.05) is 6.07 Å². The van der Waals surface area contributed by atoms with Crippen LogP contribution in [0, 0.1) is 5.92 Å². The fourth-order valence-corrected chi connectivity index (χ4v) is 2.80. The fraction of sp³-hybridized carbons (Fsp3) is 0.333. The summed E-state index contributed by atoms with van der Waals surface area (Å²) in [5.41, 5.74) is 8.90. The molecule has 4 N–H and O–H groups in total. The molecular formula is C21H27N3O2. The lowest BCUT2D eigenvalue weighted by molar-refractivity contribution is 0.1000. The molecular weight excluding hydrogens is 326 g/mol. The largest absolute Gasteiger partial charge is 0.366 e. The first-order valence-corrected chi connectivity index (χ1v) is 8.92. The van der Waals surface area contributed by atoms with Crippen molar-refractivity contribution in [2.24, 2.45) is 11.7 Å². The van der Waals surface area contributed by atoms with Crippen LogP contribution >= 0.6 is 0 Å². The Morgan fingerprint density at radius 1 is 1.04 bits per heavy atom. The van der Waals surface area contributed by atoms with E-state index in [0.717, 1.165) is 17.5 Å². The maximum absolute atomic E-state index is 12.3. The van der Waals surface area contributed by atoms with Gasteiger partial charge in [-0.05, 0) is 41.2 Å². The van der Waals surface area contributed by atoms with Gasteiger partial charge in [0.25, 0.3) is 0 Å². The first-order chi connectivity index (χ1) is 12.4. The van der Waals surface area contributed by atoms with Crippen LogP contribution in [0.2, 0.25) is 0 Å². The van der Waals surface area contributed by atoms with Gasteiger partial charge < -0.3 is 16.4 Å². The van der Waals surface area contributed by atoms with Crippen molar-refractivity contribution in [3.05, 3.63) is 70.8 Å². The minimum absolute atomic E-state index is 0.0714. The number of urea groups is 1. The highest BCUT2D eigenvalue weighted by Crippen LogP contribution is 2.22. The minimum Gasteiger partial charge on any atom is -0.366 e. The third-order valence-electron chi connectivity index (χ3n) is 4.36. The number of carbonyl (C=O) groups excluding carboxylic acids is 2. The number of benzene rings is 2. The second-order valence-electron chi connectivity index (χ2n) is 6.71. The monoisotopic (exact) mass is 353 g/mol. The zero-order valence-electron chi connectivity index (χ0n) is 15.6. The van der Waals surface area contributed by atoms with Crippen LogP contribution < -0.4 is 16.4 Å². The van der Waals surface area contributed by atoms with Gasteiger partial charge in [0.15, 0.2) is 0 Å². The summed E-state index contributed by atoms with van der Waals surface area (Å²) in [5, 5.41) is 5.88. The molecule has 0 spiro atoms. The highest BCUT2D eigenvalue weighted by molar-refractivity contribution is 5.92. The van der Waals surface area contributed by atoms with Crippen molar-refractivity contribution >= 4 is 11.9 Å². The highest BCUT2D eigenvalue weighted by atomic mass is 16.2. The van der Waals surface area contributed by atoms with Gasteiger partial charge in [0.2, 0.25) is 5.91 Å². The van der Waals surface area contributed by atoms with E-state index in [1.165, 1.54) is 5.56 Å². The number of nitrogens with one attached hydrogen (secondary N) is 2. The van der Waals surface area contributed by atoms with Crippen LogP contribution in [-0.4, -0.2) is 11.9 Å². The number of hydrogen-bond donors (Lipinski definition) is 3. The summed E-state index contributed by atoms with van der Waals surface area (Å²) in [6.45, 7) is 6.60. The Kier molecular flexibility index (Phi) is 6.78. The van der Waals surface area contributed by atoms with Gasteiger partial charge >= 0.3 is 6.03 Å². The van der Waals surface area contributed by atoms with Gasteiger partial charge in [0.1, 0.15) is 0 Å². The lowest BCUT2D eigenvalue weighted by Gasteiger charge is -2.23. The first-order valence-electron chi connectivity index (χ1n) is 8.92. The maximum Gasteiger partial charge on any atom is 0.315 e. The number of carbonyl (C=O) groups is 2. The smallest absolute Gasteiger partial charge is 0.315 e. The topological polar surface area (TPSA) is 84.2 Å². The summed E-state index contributed by atoms with van der Waals surface area (Å²) >= 11 is 0. The summed E-state index contributed by atoms with van der Waals surface area (Å²) in [5.74, 6) is -0.224. The zero-order chi connectivity index (χ0) is 19.1. The third-order valence-corrected chi connectivity index (χ3v) is 4.36. The maximum atomic E-state index is 12.3. The molecule has 0 aromatic heterocycles. The Morgan fingerprint density at radius 2 is 1.73 bits per heavy atom. The van der Waals surface area contributed by atoms with Crippen LogP contribution in [0.25, 0.3) is 0 Å². The van der Waals surface area contributed by atoms with E-state index in [1.54, 1.807) is 18.2 Å². The number of aryl methyl sites for hydroxylation is 1. The summed E-state index contributed by atoms with van der Waals surface area (Å²) in [7, 11) is 0. The molecule has 0 heterocycles. The second-order valence-corrected chi connectivity index (χ2v) is 6.71. The average Bonchev–Trinajstić information content (AvgIpc) is 2.64. The number of nitrogens with two attached hydrogens (primary N) is 1. The van der Waals surface area contributed by atoms with Crippen molar-refractivity contribution in [1.29, 1.82) is 0 Å². The lowest BCUT2D eigenvalue weighted by Crippen LogP contribution is -2.39. The predicted molar refractivity (Wildman–Crippen MR) is 104 cm³/mol. The van der Waals surface area contributed by atoms with Gasteiger partial charge in [-0.15, -0.1) is 0 Å². The molecule has 2 aromatic carbocycles. The van der Waals surface area contributed by atoms with Gasteiger partial charge in [-0.2, -0.15) is 0 Å². The van der Waals surface area contributed by atoms with E-state index >= 15 is 0 Å². The van der Waals surface area contributed by atoms with E-state index in [-0.39, 0.29) is 18.0 Å². The lowest BCUT2D eigenvalue weighted by atomic mass is 9.95. The van der Waals surface area contributed by atoms with Crippen molar-refractivity contribution in [1.82, 2.24) is 10.6 Å². The van der Waals surface area contributed by atoms with Crippen LogP contribution in [0.4, 0.5) is 4.79 Å². The van der Waals surface area contributed by atoms with Crippen LogP contribution in [-0.2, 0) is 13.0 Å².